The summed E-state index contributed by atoms with van der Waals surface area (Å²) in [5, 5.41) is 29.5. The molecule has 7 heteroatoms. The minimum Gasteiger partial charge on any atom is -0.478 e. The molecule has 0 fully saturated rings. The molecule has 2 N–H and O–H groups in total. The fraction of sp³-hybridized carbons (Fsp3) is 0.0909. The molecule has 0 radical (unpaired) electrons. The van der Waals surface area contributed by atoms with E-state index < -0.39 is 5.97 Å². The normalized spacial score (nSPS) is 8.89. The van der Waals surface area contributed by atoms with Gasteiger partial charge in [0.1, 0.15) is 12.1 Å². The molecule has 0 heterocycles. The van der Waals surface area contributed by atoms with Gasteiger partial charge in [0, 0.05) is 4.47 Å². The largest absolute Gasteiger partial charge is 0.478 e. The van der Waals surface area contributed by atoms with Crippen LogP contribution in [0.1, 0.15) is 15.9 Å². The summed E-state index contributed by atoms with van der Waals surface area (Å²) < 4.78 is 0.447. The molecule has 0 aromatic heterocycles. The number of aromatic carboxylic acids is 1. The summed E-state index contributed by atoms with van der Waals surface area (Å²) >= 11 is 3.14. The van der Waals surface area contributed by atoms with Crippen molar-refractivity contribution in [1.82, 2.24) is 0 Å². The lowest BCUT2D eigenvalue weighted by Crippen LogP contribution is -2.02. The van der Waals surface area contributed by atoms with Crippen molar-refractivity contribution in [3.05, 3.63) is 27.7 Å². The molecular formula is C11H7BrN4O2. The molecule has 0 unspecified atom stereocenters. The van der Waals surface area contributed by atoms with Gasteiger partial charge in [-0.2, -0.15) is 15.6 Å². The Hall–Kier alpha value is -2.38. The molecule has 1 aromatic carbocycles. The Morgan fingerprint density at radius 1 is 1.44 bits per heavy atom. The van der Waals surface area contributed by atoms with E-state index in [0.29, 0.717) is 10.2 Å². The Bertz CT molecular complexity index is 595. The zero-order valence-electron chi connectivity index (χ0n) is 9.23. The van der Waals surface area contributed by atoms with Crippen LogP contribution in [0.4, 0.5) is 5.69 Å². The van der Waals surface area contributed by atoms with E-state index >= 15 is 0 Å². The zero-order valence-corrected chi connectivity index (χ0v) is 10.8. The highest BCUT2D eigenvalue weighted by Gasteiger charge is 2.11. The Morgan fingerprint density at radius 2 is 2.06 bits per heavy atom. The Balaban J connectivity index is 3.16. The first-order valence-electron chi connectivity index (χ1n) is 4.67. The van der Waals surface area contributed by atoms with Gasteiger partial charge in [0.15, 0.2) is 0 Å². The molecule has 18 heavy (non-hydrogen) atoms. The Labute approximate surface area is 111 Å². The van der Waals surface area contributed by atoms with Crippen LogP contribution in [0.25, 0.3) is 0 Å². The van der Waals surface area contributed by atoms with E-state index in [4.69, 9.17) is 15.6 Å². The second kappa shape index (κ2) is 5.80. The Kier molecular flexibility index (Phi) is 4.41. The molecule has 0 aliphatic heterocycles. The molecule has 0 bridgehead atoms. The van der Waals surface area contributed by atoms with Gasteiger partial charge in [0.05, 0.1) is 11.3 Å². The van der Waals surface area contributed by atoms with E-state index in [1.165, 1.54) is 6.07 Å². The third kappa shape index (κ3) is 3.06. The second-order valence-electron chi connectivity index (χ2n) is 3.25. The summed E-state index contributed by atoms with van der Waals surface area (Å²) in [6.07, 6.45) is 0. The van der Waals surface area contributed by atoms with Crippen molar-refractivity contribution >= 4 is 33.3 Å². The van der Waals surface area contributed by atoms with Crippen molar-refractivity contribution < 1.29 is 9.90 Å². The Morgan fingerprint density at radius 3 is 2.56 bits per heavy atom. The van der Waals surface area contributed by atoms with Gasteiger partial charge in [0.2, 0.25) is 5.71 Å². The van der Waals surface area contributed by atoms with Gasteiger partial charge in [-0.25, -0.2) is 4.79 Å². The molecule has 1 aromatic rings. The minimum atomic E-state index is -1.09. The first-order valence-corrected chi connectivity index (χ1v) is 5.46. The number of benzene rings is 1. The van der Waals surface area contributed by atoms with Crippen molar-refractivity contribution in [2.45, 2.75) is 6.92 Å². The van der Waals surface area contributed by atoms with E-state index in [1.54, 1.807) is 25.1 Å². The van der Waals surface area contributed by atoms with Crippen molar-refractivity contribution in [2.24, 2.45) is 5.10 Å². The monoisotopic (exact) mass is 306 g/mol. The average molecular weight is 307 g/mol. The third-order valence-electron chi connectivity index (χ3n) is 2.04. The lowest BCUT2D eigenvalue weighted by molar-refractivity contribution is 0.0696. The van der Waals surface area contributed by atoms with Crippen LogP contribution in [0.15, 0.2) is 21.7 Å². The van der Waals surface area contributed by atoms with Crippen LogP contribution in [-0.2, 0) is 0 Å². The molecule has 0 aliphatic carbocycles. The van der Waals surface area contributed by atoms with Crippen molar-refractivity contribution in [1.29, 1.82) is 10.5 Å². The van der Waals surface area contributed by atoms with Gasteiger partial charge in [-0.15, -0.1) is 0 Å². The highest BCUT2D eigenvalue weighted by molar-refractivity contribution is 9.10. The second-order valence-corrected chi connectivity index (χ2v) is 4.10. The summed E-state index contributed by atoms with van der Waals surface area (Å²) in [6, 6.07) is 6.17. The highest BCUT2D eigenvalue weighted by Crippen LogP contribution is 2.25. The SMILES string of the molecule is Cc1cc(Br)c(C(=O)O)cc1NN=C(C#N)C#N. The van der Waals surface area contributed by atoms with E-state index in [0.717, 1.165) is 5.56 Å². The van der Waals surface area contributed by atoms with Gasteiger partial charge < -0.3 is 5.11 Å². The molecule has 0 saturated carbocycles. The van der Waals surface area contributed by atoms with Crippen molar-refractivity contribution in [3.8, 4) is 12.1 Å². The molecule has 0 saturated heterocycles. The molecule has 0 atom stereocenters. The predicted octanol–water partition coefficient (Wildman–Crippen LogP) is 2.27. The fourth-order valence-corrected chi connectivity index (χ4v) is 1.78. The van der Waals surface area contributed by atoms with Crippen LogP contribution in [0.2, 0.25) is 0 Å². The van der Waals surface area contributed by atoms with Crippen molar-refractivity contribution in [2.75, 3.05) is 5.43 Å². The number of hydrazone groups is 1. The zero-order chi connectivity index (χ0) is 13.7. The molecule has 0 spiro atoms. The fourth-order valence-electron chi connectivity index (χ4n) is 1.15. The summed E-state index contributed by atoms with van der Waals surface area (Å²) in [5.74, 6) is -1.09. The highest BCUT2D eigenvalue weighted by atomic mass is 79.9. The maximum atomic E-state index is 10.9. The average Bonchev–Trinajstić information content (AvgIpc) is 2.32. The van der Waals surface area contributed by atoms with Gasteiger partial charge in [-0.3, -0.25) is 5.43 Å². The lowest BCUT2D eigenvalue weighted by Gasteiger charge is -2.07. The van der Waals surface area contributed by atoms with E-state index in [1.807, 2.05) is 0 Å². The molecule has 1 rings (SSSR count). The van der Waals surface area contributed by atoms with Crippen LogP contribution < -0.4 is 5.43 Å². The number of nitrogens with one attached hydrogen (secondary N) is 1. The standard InChI is InChI=1S/C11H7BrN4O2/c1-6-2-9(12)8(11(17)18)3-10(6)16-15-7(4-13)5-14/h2-3,16H,1H3,(H,17,18). The number of hydrogen-bond acceptors (Lipinski definition) is 5. The van der Waals surface area contributed by atoms with Crippen LogP contribution >= 0.6 is 15.9 Å². The van der Waals surface area contributed by atoms with E-state index in [2.05, 4.69) is 26.5 Å². The number of rotatable bonds is 3. The van der Waals surface area contributed by atoms with Crippen LogP contribution in [-0.4, -0.2) is 16.8 Å². The number of anilines is 1. The smallest absolute Gasteiger partial charge is 0.336 e. The maximum Gasteiger partial charge on any atom is 0.336 e. The van der Waals surface area contributed by atoms with Crippen molar-refractivity contribution in [3.63, 3.8) is 0 Å². The number of carboxylic acid groups (broad SMARTS) is 1. The quantitative estimate of drug-likeness (QED) is 0.657. The molecule has 90 valence electrons. The first kappa shape index (κ1) is 13.7. The van der Waals surface area contributed by atoms with E-state index in [-0.39, 0.29) is 11.3 Å². The topological polar surface area (TPSA) is 109 Å². The van der Waals surface area contributed by atoms with Crippen LogP contribution in [0.3, 0.4) is 0 Å². The number of halogens is 1. The number of hydrogen-bond donors (Lipinski definition) is 2. The molecule has 0 amide bonds. The summed E-state index contributed by atoms with van der Waals surface area (Å²) in [7, 11) is 0. The number of carbonyl (C=O) groups is 1. The first-order chi connectivity index (χ1) is 8.49. The maximum absolute atomic E-state index is 10.9. The summed E-state index contributed by atoms with van der Waals surface area (Å²) in [6.45, 7) is 1.74. The number of aryl methyl sites for hydroxylation is 1. The molecule has 6 nitrogen and oxygen atoms in total. The predicted molar refractivity (Wildman–Crippen MR) is 68.1 cm³/mol. The van der Waals surface area contributed by atoms with Crippen LogP contribution in [0, 0.1) is 29.6 Å². The van der Waals surface area contributed by atoms with Gasteiger partial charge in [0.25, 0.3) is 0 Å². The van der Waals surface area contributed by atoms with Gasteiger partial charge >= 0.3 is 5.97 Å². The van der Waals surface area contributed by atoms with Crippen LogP contribution in [0.5, 0.6) is 0 Å². The van der Waals surface area contributed by atoms with Gasteiger partial charge in [-0.05, 0) is 40.5 Å². The summed E-state index contributed by atoms with van der Waals surface area (Å²) in [4.78, 5) is 10.9. The number of nitrogens with zero attached hydrogens (tertiary/aromatic N) is 3. The third-order valence-corrected chi connectivity index (χ3v) is 2.70. The lowest BCUT2D eigenvalue weighted by atomic mass is 10.1. The summed E-state index contributed by atoms with van der Waals surface area (Å²) in [5.41, 5.74) is 3.36. The van der Waals surface area contributed by atoms with E-state index in [9.17, 15) is 4.79 Å². The molecule has 0 aliphatic rings. The van der Waals surface area contributed by atoms with Gasteiger partial charge in [-0.1, -0.05) is 0 Å². The molecular weight excluding hydrogens is 300 g/mol. The number of carboxylic acids is 1. The minimum absolute atomic E-state index is 0.0637. The number of nitriles is 2.